The highest BCUT2D eigenvalue weighted by Crippen LogP contribution is 2.20. The fraction of sp³-hybridized carbons (Fsp3) is 0.522. The lowest BCUT2D eigenvalue weighted by Crippen LogP contribution is -2.58. The normalized spacial score (nSPS) is 17.6. The van der Waals surface area contributed by atoms with Gasteiger partial charge in [-0.1, -0.05) is 12.1 Å². The Morgan fingerprint density at radius 2 is 1.72 bits per heavy atom. The SMILES string of the molecule is CSCCC(N)C(=O)NC(CC(=O)O)C(=O)NC(Cc1ccc(O)cc1)C(=O)N1CCCC1C(=O)O. The van der Waals surface area contributed by atoms with Crippen molar-refractivity contribution in [2.45, 2.75) is 56.3 Å². The Hall–Kier alpha value is -3.32. The first-order valence-corrected chi connectivity index (χ1v) is 12.8. The molecular formula is C23H32N4O8S. The Balaban J connectivity index is 2.25. The molecule has 1 aromatic rings. The molecule has 1 aliphatic heterocycles. The number of nitrogens with zero attached hydrogens (tertiary/aromatic N) is 1. The van der Waals surface area contributed by atoms with Crippen LogP contribution in [0.25, 0.3) is 0 Å². The predicted octanol–water partition coefficient (Wildman–Crippen LogP) is -0.465. The molecule has 1 saturated heterocycles. The molecule has 0 aromatic heterocycles. The topological polar surface area (TPSA) is 199 Å². The zero-order chi connectivity index (χ0) is 26.8. The van der Waals surface area contributed by atoms with Gasteiger partial charge in [0.15, 0.2) is 0 Å². The molecule has 0 spiro atoms. The van der Waals surface area contributed by atoms with Gasteiger partial charge in [0, 0.05) is 13.0 Å². The third-order valence-electron chi connectivity index (χ3n) is 5.79. The van der Waals surface area contributed by atoms with Crippen molar-refractivity contribution in [3.8, 4) is 5.75 Å². The predicted molar refractivity (Wildman–Crippen MR) is 131 cm³/mol. The van der Waals surface area contributed by atoms with E-state index >= 15 is 0 Å². The molecule has 0 radical (unpaired) electrons. The summed E-state index contributed by atoms with van der Waals surface area (Å²) in [7, 11) is 0. The summed E-state index contributed by atoms with van der Waals surface area (Å²) in [6, 6.07) is 1.16. The van der Waals surface area contributed by atoms with E-state index in [1.54, 1.807) is 12.1 Å². The monoisotopic (exact) mass is 524 g/mol. The number of aliphatic carboxylic acids is 2. The van der Waals surface area contributed by atoms with Crippen LogP contribution in [0.3, 0.4) is 0 Å². The van der Waals surface area contributed by atoms with E-state index < -0.39 is 60.2 Å². The molecule has 12 nitrogen and oxygen atoms in total. The first-order chi connectivity index (χ1) is 17.0. The number of hydrogen-bond donors (Lipinski definition) is 6. The van der Waals surface area contributed by atoms with E-state index in [9.17, 15) is 39.3 Å². The van der Waals surface area contributed by atoms with Gasteiger partial charge in [0.25, 0.3) is 0 Å². The van der Waals surface area contributed by atoms with Gasteiger partial charge in [-0.15, -0.1) is 0 Å². The fourth-order valence-corrected chi connectivity index (χ4v) is 4.36. The van der Waals surface area contributed by atoms with Gasteiger partial charge in [-0.05, 0) is 49.0 Å². The molecule has 2 rings (SSSR count). The molecular weight excluding hydrogens is 492 g/mol. The molecule has 7 N–H and O–H groups in total. The molecule has 0 bridgehead atoms. The van der Waals surface area contributed by atoms with Crippen molar-refractivity contribution in [2.24, 2.45) is 5.73 Å². The highest BCUT2D eigenvalue weighted by atomic mass is 32.2. The number of nitrogens with two attached hydrogens (primary N) is 1. The number of carbonyl (C=O) groups is 5. The minimum atomic E-state index is -1.50. The second kappa shape index (κ2) is 13.7. The van der Waals surface area contributed by atoms with Gasteiger partial charge in [0.05, 0.1) is 12.5 Å². The molecule has 0 saturated carbocycles. The highest BCUT2D eigenvalue weighted by molar-refractivity contribution is 7.98. The van der Waals surface area contributed by atoms with E-state index in [1.807, 2.05) is 6.26 Å². The maximum absolute atomic E-state index is 13.3. The van der Waals surface area contributed by atoms with Crippen molar-refractivity contribution in [1.82, 2.24) is 15.5 Å². The number of likely N-dealkylation sites (tertiary alicyclic amines) is 1. The van der Waals surface area contributed by atoms with Crippen LogP contribution in [0.1, 0.15) is 31.2 Å². The Morgan fingerprint density at radius 3 is 2.31 bits per heavy atom. The third kappa shape index (κ3) is 8.41. The summed E-state index contributed by atoms with van der Waals surface area (Å²) < 4.78 is 0. The summed E-state index contributed by atoms with van der Waals surface area (Å²) in [5, 5.41) is 33.1. The first-order valence-electron chi connectivity index (χ1n) is 11.4. The molecule has 1 fully saturated rings. The maximum atomic E-state index is 13.3. The van der Waals surface area contributed by atoms with Crippen molar-refractivity contribution in [2.75, 3.05) is 18.6 Å². The zero-order valence-corrected chi connectivity index (χ0v) is 20.7. The van der Waals surface area contributed by atoms with Crippen LogP contribution in [0.2, 0.25) is 0 Å². The van der Waals surface area contributed by atoms with Crippen LogP contribution in [-0.2, 0) is 30.4 Å². The molecule has 13 heteroatoms. The minimum absolute atomic E-state index is 0.00167. The van der Waals surface area contributed by atoms with E-state index in [0.29, 0.717) is 24.2 Å². The van der Waals surface area contributed by atoms with Crippen LogP contribution in [0.5, 0.6) is 5.75 Å². The zero-order valence-electron chi connectivity index (χ0n) is 19.9. The van der Waals surface area contributed by atoms with E-state index in [4.69, 9.17) is 5.73 Å². The minimum Gasteiger partial charge on any atom is -0.508 e. The molecule has 4 atom stereocenters. The van der Waals surface area contributed by atoms with Crippen LogP contribution in [0, 0.1) is 0 Å². The summed E-state index contributed by atoms with van der Waals surface area (Å²) in [6.45, 7) is 0.192. The standard InChI is InChI=1S/C23H32N4O8S/c1-36-10-8-15(24)20(31)25-16(12-19(29)30)21(32)26-17(11-13-4-6-14(28)7-5-13)22(33)27-9-2-3-18(27)23(34)35/h4-7,15-18,28H,2-3,8-12,24H2,1H3,(H,25,31)(H,26,32)(H,29,30)(H,34,35). The number of aromatic hydroxyl groups is 1. The average Bonchev–Trinajstić information content (AvgIpc) is 3.32. The van der Waals surface area contributed by atoms with Crippen molar-refractivity contribution in [1.29, 1.82) is 0 Å². The van der Waals surface area contributed by atoms with Gasteiger partial charge < -0.3 is 36.6 Å². The molecule has 4 unspecified atom stereocenters. The number of nitrogens with one attached hydrogen (secondary N) is 2. The van der Waals surface area contributed by atoms with E-state index in [1.165, 1.54) is 28.8 Å². The summed E-state index contributed by atoms with van der Waals surface area (Å²) >= 11 is 1.48. The second-order valence-corrected chi connectivity index (χ2v) is 9.49. The third-order valence-corrected chi connectivity index (χ3v) is 6.44. The Kier molecular flexibility index (Phi) is 11.0. The summed E-state index contributed by atoms with van der Waals surface area (Å²) in [6.07, 6.45) is 2.12. The van der Waals surface area contributed by atoms with Crippen LogP contribution in [-0.4, -0.2) is 92.6 Å². The van der Waals surface area contributed by atoms with Crippen LogP contribution in [0.15, 0.2) is 24.3 Å². The van der Waals surface area contributed by atoms with Gasteiger partial charge in [-0.2, -0.15) is 11.8 Å². The number of thioether (sulfide) groups is 1. The van der Waals surface area contributed by atoms with Gasteiger partial charge in [0.1, 0.15) is 23.9 Å². The molecule has 1 aliphatic rings. The van der Waals surface area contributed by atoms with Crippen LogP contribution in [0.4, 0.5) is 0 Å². The number of carbonyl (C=O) groups excluding carboxylic acids is 3. The van der Waals surface area contributed by atoms with Gasteiger partial charge >= 0.3 is 11.9 Å². The Bertz CT molecular complexity index is 958. The van der Waals surface area contributed by atoms with Crippen molar-refractivity contribution in [3.05, 3.63) is 29.8 Å². The maximum Gasteiger partial charge on any atom is 0.326 e. The summed E-state index contributed by atoms with van der Waals surface area (Å²) in [4.78, 5) is 63.0. The number of rotatable bonds is 13. The largest absolute Gasteiger partial charge is 0.508 e. The number of hydrogen-bond acceptors (Lipinski definition) is 8. The number of benzene rings is 1. The molecule has 3 amide bonds. The number of amides is 3. The van der Waals surface area contributed by atoms with E-state index in [2.05, 4.69) is 10.6 Å². The van der Waals surface area contributed by atoms with Crippen molar-refractivity contribution >= 4 is 41.4 Å². The molecule has 36 heavy (non-hydrogen) atoms. The quantitative estimate of drug-likeness (QED) is 0.196. The van der Waals surface area contributed by atoms with Crippen LogP contribution < -0.4 is 16.4 Å². The summed E-state index contributed by atoms with van der Waals surface area (Å²) in [5.41, 5.74) is 6.40. The van der Waals surface area contributed by atoms with Crippen molar-refractivity contribution < 1.29 is 39.3 Å². The number of carboxylic acids is 2. The number of phenols is 1. The average molecular weight is 525 g/mol. The van der Waals surface area contributed by atoms with Crippen LogP contribution >= 0.6 is 11.8 Å². The Morgan fingerprint density at radius 1 is 1.08 bits per heavy atom. The van der Waals surface area contributed by atoms with Gasteiger partial charge in [-0.3, -0.25) is 19.2 Å². The molecule has 0 aliphatic carbocycles. The van der Waals surface area contributed by atoms with Gasteiger partial charge in [-0.25, -0.2) is 4.79 Å². The smallest absolute Gasteiger partial charge is 0.326 e. The van der Waals surface area contributed by atoms with Crippen molar-refractivity contribution in [3.63, 3.8) is 0 Å². The lowest BCUT2D eigenvalue weighted by atomic mass is 10.0. The highest BCUT2D eigenvalue weighted by Gasteiger charge is 2.38. The summed E-state index contributed by atoms with van der Waals surface area (Å²) in [5.74, 6) is -4.17. The lowest BCUT2D eigenvalue weighted by molar-refractivity contribution is -0.149. The Labute approximate surface area is 212 Å². The fourth-order valence-electron chi connectivity index (χ4n) is 3.87. The first kappa shape index (κ1) is 28.9. The molecule has 1 heterocycles. The van der Waals surface area contributed by atoms with E-state index in [-0.39, 0.29) is 25.1 Å². The van der Waals surface area contributed by atoms with E-state index in [0.717, 1.165) is 0 Å². The van der Waals surface area contributed by atoms with Gasteiger partial charge in [0.2, 0.25) is 17.7 Å². The second-order valence-electron chi connectivity index (χ2n) is 8.51. The lowest BCUT2D eigenvalue weighted by Gasteiger charge is -2.29. The molecule has 1 aromatic carbocycles. The molecule has 198 valence electrons. The number of carboxylic acid groups (broad SMARTS) is 2. The number of phenolic OH excluding ortho intramolecular Hbond substituents is 1.